The molecule has 0 spiro atoms. The topological polar surface area (TPSA) is 114 Å². The van der Waals surface area contributed by atoms with Crippen LogP contribution in [0.25, 0.3) is 0 Å². The van der Waals surface area contributed by atoms with E-state index in [4.69, 9.17) is 0 Å². The number of carbonyl (C=O) groups excluding carboxylic acids is 1. The first-order chi connectivity index (χ1) is 17.2. The van der Waals surface area contributed by atoms with E-state index >= 15 is 0 Å². The molecule has 1 aromatic heterocycles. The number of urea groups is 1. The van der Waals surface area contributed by atoms with Gasteiger partial charge in [0.15, 0.2) is 5.82 Å². The van der Waals surface area contributed by atoms with Crippen molar-refractivity contribution < 1.29 is 19.4 Å². The fourth-order valence-corrected chi connectivity index (χ4v) is 7.91. The fourth-order valence-electron chi connectivity index (χ4n) is 5.66. The Hall–Kier alpha value is -2.30. The van der Waals surface area contributed by atoms with Crippen molar-refractivity contribution in [1.82, 2.24) is 20.4 Å². The van der Waals surface area contributed by atoms with E-state index in [0.29, 0.717) is 11.4 Å². The maximum absolute atomic E-state index is 14.7. The number of amides is 2. The van der Waals surface area contributed by atoms with Crippen LogP contribution in [0.1, 0.15) is 69.8 Å². The minimum Gasteiger partial charge on any atom is -0.396 e. The molecule has 2 aliphatic rings. The van der Waals surface area contributed by atoms with Gasteiger partial charge in [-0.25, -0.2) is 19.2 Å². The number of aliphatic hydroxyl groups excluding tert-OH is 2. The summed E-state index contributed by atoms with van der Waals surface area (Å²) in [5.41, 5.74) is 0.437. The van der Waals surface area contributed by atoms with E-state index in [2.05, 4.69) is 39.6 Å². The molecule has 10 heteroatoms. The van der Waals surface area contributed by atoms with Crippen molar-refractivity contribution >= 4 is 21.9 Å². The number of anilines is 1. The van der Waals surface area contributed by atoms with Crippen LogP contribution >= 0.6 is 10.0 Å². The Labute approximate surface area is 220 Å². The molecule has 0 radical (unpaired) electrons. The van der Waals surface area contributed by atoms with Gasteiger partial charge in [0.25, 0.3) is 0 Å². The highest BCUT2D eigenvalue weighted by atomic mass is 32.3. The molecule has 1 aliphatic carbocycles. The predicted molar refractivity (Wildman–Crippen MR) is 147 cm³/mol. The van der Waals surface area contributed by atoms with Crippen LogP contribution in [0.4, 0.5) is 15.0 Å². The van der Waals surface area contributed by atoms with E-state index in [1.165, 1.54) is 6.07 Å². The zero-order valence-electron chi connectivity index (χ0n) is 23.0. The number of halogens is 1. The maximum atomic E-state index is 14.7. The second-order valence-electron chi connectivity index (χ2n) is 12.4. The predicted octanol–water partition coefficient (Wildman–Crippen LogP) is 4.42. The van der Waals surface area contributed by atoms with Gasteiger partial charge in [0.05, 0.1) is 30.4 Å². The average molecular weight is 536 g/mol. The van der Waals surface area contributed by atoms with Crippen molar-refractivity contribution in [2.24, 2.45) is 5.41 Å². The molecule has 1 aromatic carbocycles. The number of rotatable bonds is 8. The van der Waals surface area contributed by atoms with Gasteiger partial charge in [-0.15, -0.1) is 0 Å². The average Bonchev–Trinajstić information content (AvgIpc) is 3.28. The SMILES string of the molecule is CC(C)(CO)C(NC(=O)N1Cc2c(NC(O)C3(S(C)(C)C)CCC3)n[nH]c2C1(C)C)c1ccccc1F. The molecule has 1 aliphatic heterocycles. The number of aromatic amines is 1. The summed E-state index contributed by atoms with van der Waals surface area (Å²) in [4.78, 5) is 15.4. The lowest BCUT2D eigenvalue weighted by molar-refractivity contribution is 0.0987. The van der Waals surface area contributed by atoms with Gasteiger partial charge in [-0.05, 0) is 51.5 Å². The number of H-pyrrole nitrogens is 1. The summed E-state index contributed by atoms with van der Waals surface area (Å²) in [6, 6.07) is 5.20. The number of aliphatic hydroxyl groups is 2. The third-order valence-electron chi connectivity index (χ3n) is 8.58. The van der Waals surface area contributed by atoms with Gasteiger partial charge in [0.1, 0.15) is 12.0 Å². The van der Waals surface area contributed by atoms with Crippen molar-refractivity contribution in [2.75, 3.05) is 30.7 Å². The summed E-state index contributed by atoms with van der Waals surface area (Å²) < 4.78 is 14.6. The van der Waals surface area contributed by atoms with Crippen LogP contribution in [0, 0.1) is 11.2 Å². The quantitative estimate of drug-likeness (QED) is 0.321. The second-order valence-corrected chi connectivity index (χ2v) is 16.9. The zero-order chi connectivity index (χ0) is 27.4. The number of hydrogen-bond donors (Lipinski definition) is 5. The highest BCUT2D eigenvalue weighted by Gasteiger charge is 2.51. The van der Waals surface area contributed by atoms with E-state index in [-0.39, 0.29) is 23.9 Å². The van der Waals surface area contributed by atoms with Crippen molar-refractivity contribution in [2.45, 2.75) is 76.1 Å². The lowest BCUT2D eigenvalue weighted by Gasteiger charge is -2.57. The molecule has 2 amide bonds. The molecular formula is C27H42FN5O3S. The van der Waals surface area contributed by atoms with Gasteiger partial charge in [-0.3, -0.25) is 5.10 Å². The maximum Gasteiger partial charge on any atom is 0.318 e. The van der Waals surface area contributed by atoms with Crippen molar-refractivity contribution in [3.63, 3.8) is 0 Å². The molecule has 2 unspecified atom stereocenters. The Balaban J connectivity index is 1.57. The Morgan fingerprint density at radius 2 is 1.92 bits per heavy atom. The molecule has 8 nitrogen and oxygen atoms in total. The van der Waals surface area contributed by atoms with E-state index in [0.717, 1.165) is 30.5 Å². The standard InChI is InChI=1S/C27H42FN5O3S/c1-25(2,16-34)20(17-11-8-9-12-19(17)28)29-24(36)33-15-18-21(26(33,3)4)31-32-22(18)30-23(35)27(13-10-14-27)37(5,6)7/h8-9,11-12,20,23,34-35H,10,13-16H2,1-7H3,(H,29,36)(H2,30,31,32). The Bertz CT molecular complexity index is 1160. The smallest absolute Gasteiger partial charge is 0.318 e. The van der Waals surface area contributed by atoms with Crippen LogP contribution in [-0.2, 0) is 12.1 Å². The van der Waals surface area contributed by atoms with Gasteiger partial charge in [0.2, 0.25) is 0 Å². The largest absolute Gasteiger partial charge is 0.396 e. The molecule has 0 saturated heterocycles. The number of aromatic nitrogens is 2. The van der Waals surface area contributed by atoms with Crippen LogP contribution in [0.2, 0.25) is 0 Å². The molecule has 4 rings (SSSR count). The molecular weight excluding hydrogens is 493 g/mol. The van der Waals surface area contributed by atoms with Gasteiger partial charge in [0, 0.05) is 21.3 Å². The van der Waals surface area contributed by atoms with Crippen molar-refractivity contribution in [3.8, 4) is 0 Å². The second kappa shape index (κ2) is 9.47. The van der Waals surface area contributed by atoms with Gasteiger partial charge >= 0.3 is 6.03 Å². The summed E-state index contributed by atoms with van der Waals surface area (Å²) in [5, 5.41) is 35.1. The monoisotopic (exact) mass is 535 g/mol. The Morgan fingerprint density at radius 3 is 2.46 bits per heavy atom. The third-order valence-corrected chi connectivity index (χ3v) is 11.7. The molecule has 206 valence electrons. The number of hydrogen-bond acceptors (Lipinski definition) is 5. The van der Waals surface area contributed by atoms with Crippen LogP contribution in [0.15, 0.2) is 24.3 Å². The van der Waals surface area contributed by atoms with Crippen molar-refractivity contribution in [1.29, 1.82) is 0 Å². The first-order valence-corrected chi connectivity index (χ1v) is 15.6. The number of benzene rings is 1. The highest BCUT2D eigenvalue weighted by molar-refractivity contribution is 8.33. The Morgan fingerprint density at radius 1 is 1.27 bits per heavy atom. The van der Waals surface area contributed by atoms with E-state index in [9.17, 15) is 19.4 Å². The first kappa shape index (κ1) is 27.7. The minimum atomic E-state index is -1.03. The van der Waals surface area contributed by atoms with Gasteiger partial charge < -0.3 is 25.7 Å². The number of nitrogens with one attached hydrogen (secondary N) is 3. The summed E-state index contributed by atoms with van der Waals surface area (Å²) in [6.07, 6.45) is 9.04. The van der Waals surface area contributed by atoms with Crippen LogP contribution in [-0.4, -0.2) is 67.7 Å². The number of nitrogens with zero attached hydrogens (tertiary/aromatic N) is 2. The van der Waals surface area contributed by atoms with Crippen molar-refractivity contribution in [3.05, 3.63) is 46.9 Å². The van der Waals surface area contributed by atoms with Crippen LogP contribution < -0.4 is 10.6 Å². The minimum absolute atomic E-state index is 0.160. The van der Waals surface area contributed by atoms with Crippen LogP contribution in [0.5, 0.6) is 0 Å². The number of fused-ring (bicyclic) bond motifs is 1. The molecule has 2 heterocycles. The van der Waals surface area contributed by atoms with Gasteiger partial charge in [-0.1, -0.05) is 38.5 Å². The fraction of sp³-hybridized carbons (Fsp3) is 0.630. The van der Waals surface area contributed by atoms with E-state index in [1.54, 1.807) is 36.9 Å². The normalized spacial score (nSPS) is 20.5. The third kappa shape index (κ3) is 4.61. The van der Waals surface area contributed by atoms with Crippen LogP contribution in [0.3, 0.4) is 0 Å². The summed E-state index contributed by atoms with van der Waals surface area (Å²) in [7, 11) is -1.03. The molecule has 37 heavy (non-hydrogen) atoms. The Kier molecular flexibility index (Phi) is 7.09. The van der Waals surface area contributed by atoms with E-state index in [1.807, 2.05) is 13.8 Å². The molecule has 2 atom stereocenters. The molecule has 5 N–H and O–H groups in total. The molecule has 0 bridgehead atoms. The lowest BCUT2D eigenvalue weighted by atomic mass is 9.81. The van der Waals surface area contributed by atoms with E-state index < -0.39 is 39.1 Å². The number of carbonyl (C=O) groups is 1. The van der Waals surface area contributed by atoms with Gasteiger partial charge in [-0.2, -0.15) is 5.10 Å². The summed E-state index contributed by atoms with van der Waals surface area (Å²) in [5.74, 6) is 0.123. The lowest BCUT2D eigenvalue weighted by Crippen LogP contribution is -2.54. The zero-order valence-corrected chi connectivity index (χ0v) is 23.8. The molecule has 1 fully saturated rings. The summed E-state index contributed by atoms with van der Waals surface area (Å²) >= 11 is 0. The highest BCUT2D eigenvalue weighted by Crippen LogP contribution is 2.62. The summed E-state index contributed by atoms with van der Waals surface area (Å²) in [6.45, 7) is 7.49. The molecule has 2 aromatic rings. The molecule has 1 saturated carbocycles. The first-order valence-electron chi connectivity index (χ1n) is 12.8.